The number of aliphatic carboxylic acids is 1. The maximum atomic E-state index is 12.3. The molecule has 0 atom stereocenters. The Morgan fingerprint density at radius 1 is 1.14 bits per heavy atom. The van der Waals surface area contributed by atoms with Crippen LogP contribution in [0, 0.1) is 0 Å². The topological polar surface area (TPSA) is 77.9 Å². The van der Waals surface area contributed by atoms with E-state index in [1.807, 2.05) is 20.8 Å². The number of imide groups is 1. The van der Waals surface area contributed by atoms with Gasteiger partial charge in [-0.3, -0.25) is 24.2 Å². The predicted octanol–water partition coefficient (Wildman–Crippen LogP) is 1.43. The van der Waals surface area contributed by atoms with Gasteiger partial charge in [0.15, 0.2) is 0 Å². The zero-order chi connectivity index (χ0) is 15.8. The van der Waals surface area contributed by atoms with E-state index in [2.05, 4.69) is 0 Å². The molecular weight excluding hydrogens is 272 g/mol. The molecule has 0 spiro atoms. The van der Waals surface area contributed by atoms with Crippen molar-refractivity contribution in [2.24, 2.45) is 0 Å². The molecule has 0 radical (unpaired) electrons. The van der Waals surface area contributed by atoms with Crippen LogP contribution < -0.4 is 0 Å². The molecule has 21 heavy (non-hydrogen) atoms. The number of amides is 2. The number of carboxylic acids is 1. The lowest BCUT2D eigenvalue weighted by atomic mass is 10.1. The Kier molecular flexibility index (Phi) is 3.82. The minimum absolute atomic E-state index is 0.0395. The summed E-state index contributed by atoms with van der Waals surface area (Å²) < 4.78 is 0. The molecule has 1 aliphatic rings. The molecule has 2 rings (SSSR count). The molecule has 0 saturated carbocycles. The standard InChI is InChI=1S/C15H18N2O4/c1-15(2,3)16(8-12(18)19)9-17-13(20)10-6-4-5-7-11(10)14(17)21/h4-7H,8-9H2,1-3H3,(H,18,19). The second-order valence-electron chi connectivity index (χ2n) is 5.99. The van der Waals surface area contributed by atoms with Gasteiger partial charge in [0.1, 0.15) is 0 Å². The van der Waals surface area contributed by atoms with Crippen LogP contribution in [0.4, 0.5) is 0 Å². The van der Waals surface area contributed by atoms with Crippen molar-refractivity contribution < 1.29 is 19.5 Å². The number of hydrogen-bond donors (Lipinski definition) is 1. The first-order chi connectivity index (χ1) is 9.71. The number of carbonyl (C=O) groups is 3. The summed E-state index contributed by atoms with van der Waals surface area (Å²) in [6, 6.07) is 6.61. The van der Waals surface area contributed by atoms with E-state index in [0.29, 0.717) is 11.1 Å². The minimum Gasteiger partial charge on any atom is -0.480 e. The molecular formula is C15H18N2O4. The maximum Gasteiger partial charge on any atom is 0.317 e. The molecule has 0 fully saturated rings. The molecule has 112 valence electrons. The minimum atomic E-state index is -0.999. The number of carbonyl (C=O) groups excluding carboxylic acids is 2. The monoisotopic (exact) mass is 290 g/mol. The highest BCUT2D eigenvalue weighted by Crippen LogP contribution is 2.24. The van der Waals surface area contributed by atoms with Crippen molar-refractivity contribution in [3.8, 4) is 0 Å². The van der Waals surface area contributed by atoms with Crippen molar-refractivity contribution in [3.63, 3.8) is 0 Å². The third-order valence-corrected chi connectivity index (χ3v) is 3.47. The van der Waals surface area contributed by atoms with Crippen molar-refractivity contribution in [3.05, 3.63) is 35.4 Å². The van der Waals surface area contributed by atoms with Crippen LogP contribution in [0.15, 0.2) is 24.3 Å². The lowest BCUT2D eigenvalue weighted by Crippen LogP contribution is -2.51. The molecule has 0 bridgehead atoms. The fourth-order valence-corrected chi connectivity index (χ4v) is 2.20. The number of hydrogen-bond acceptors (Lipinski definition) is 4. The highest BCUT2D eigenvalue weighted by molar-refractivity contribution is 6.21. The van der Waals surface area contributed by atoms with Crippen LogP contribution in [0.25, 0.3) is 0 Å². The number of carboxylic acid groups (broad SMARTS) is 1. The molecule has 0 aromatic heterocycles. The lowest BCUT2D eigenvalue weighted by Gasteiger charge is -2.36. The summed E-state index contributed by atoms with van der Waals surface area (Å²) in [5.41, 5.74) is 0.256. The van der Waals surface area contributed by atoms with Gasteiger partial charge in [0, 0.05) is 5.54 Å². The second-order valence-corrected chi connectivity index (χ2v) is 5.99. The normalized spacial score (nSPS) is 14.8. The second kappa shape index (κ2) is 5.29. The zero-order valence-electron chi connectivity index (χ0n) is 12.3. The van der Waals surface area contributed by atoms with Crippen LogP contribution in [-0.2, 0) is 4.79 Å². The van der Waals surface area contributed by atoms with E-state index in [1.54, 1.807) is 29.2 Å². The highest BCUT2D eigenvalue weighted by atomic mass is 16.4. The molecule has 1 aromatic rings. The molecule has 1 N–H and O–H groups in total. The van der Waals surface area contributed by atoms with Gasteiger partial charge in [-0.2, -0.15) is 0 Å². The summed E-state index contributed by atoms with van der Waals surface area (Å²) in [5, 5.41) is 9.00. The maximum absolute atomic E-state index is 12.3. The first kappa shape index (κ1) is 15.2. The van der Waals surface area contributed by atoms with E-state index in [1.165, 1.54) is 0 Å². The molecule has 1 aromatic carbocycles. The largest absolute Gasteiger partial charge is 0.480 e. The van der Waals surface area contributed by atoms with Crippen molar-refractivity contribution in [1.82, 2.24) is 9.80 Å². The van der Waals surface area contributed by atoms with Crippen LogP contribution in [-0.4, -0.2) is 51.4 Å². The Bertz CT molecular complexity index is 569. The summed E-state index contributed by atoms with van der Waals surface area (Å²) in [4.78, 5) is 38.2. The zero-order valence-corrected chi connectivity index (χ0v) is 12.3. The Labute approximate surface area is 123 Å². The van der Waals surface area contributed by atoms with Gasteiger partial charge in [0.05, 0.1) is 24.3 Å². The molecule has 1 aliphatic heterocycles. The molecule has 6 heteroatoms. The van der Waals surface area contributed by atoms with Crippen LogP contribution in [0.5, 0.6) is 0 Å². The van der Waals surface area contributed by atoms with Gasteiger partial charge in [0.25, 0.3) is 11.8 Å². The molecule has 0 saturated heterocycles. The molecule has 0 unspecified atom stereocenters. The first-order valence-electron chi connectivity index (χ1n) is 6.64. The van der Waals surface area contributed by atoms with E-state index in [0.717, 1.165) is 4.90 Å². The summed E-state index contributed by atoms with van der Waals surface area (Å²) in [6.45, 7) is 5.25. The third-order valence-electron chi connectivity index (χ3n) is 3.47. The van der Waals surface area contributed by atoms with E-state index >= 15 is 0 Å². The number of benzene rings is 1. The fraction of sp³-hybridized carbons (Fsp3) is 0.400. The molecule has 0 aliphatic carbocycles. The molecule has 2 amide bonds. The van der Waals surface area contributed by atoms with Gasteiger partial charge in [-0.1, -0.05) is 12.1 Å². The molecule has 1 heterocycles. The van der Waals surface area contributed by atoms with Crippen LogP contribution in [0.3, 0.4) is 0 Å². The third kappa shape index (κ3) is 2.95. The van der Waals surface area contributed by atoms with Gasteiger partial charge < -0.3 is 5.11 Å². The quantitative estimate of drug-likeness (QED) is 0.849. The van der Waals surface area contributed by atoms with Crippen LogP contribution >= 0.6 is 0 Å². The van der Waals surface area contributed by atoms with Gasteiger partial charge in [-0.15, -0.1) is 0 Å². The number of fused-ring (bicyclic) bond motifs is 1. The van der Waals surface area contributed by atoms with Gasteiger partial charge in [0.2, 0.25) is 0 Å². The number of nitrogens with zero attached hydrogens (tertiary/aromatic N) is 2. The van der Waals surface area contributed by atoms with E-state index in [-0.39, 0.29) is 25.0 Å². The summed E-state index contributed by atoms with van der Waals surface area (Å²) >= 11 is 0. The van der Waals surface area contributed by atoms with E-state index in [9.17, 15) is 14.4 Å². The van der Waals surface area contributed by atoms with Gasteiger partial charge >= 0.3 is 5.97 Å². The predicted molar refractivity (Wildman–Crippen MR) is 75.9 cm³/mol. The van der Waals surface area contributed by atoms with Crippen molar-refractivity contribution in [1.29, 1.82) is 0 Å². The van der Waals surface area contributed by atoms with Crippen molar-refractivity contribution in [2.45, 2.75) is 26.3 Å². The van der Waals surface area contributed by atoms with Crippen molar-refractivity contribution in [2.75, 3.05) is 13.2 Å². The van der Waals surface area contributed by atoms with Gasteiger partial charge in [-0.05, 0) is 32.9 Å². The summed E-state index contributed by atoms with van der Waals surface area (Å²) in [5.74, 6) is -1.76. The smallest absolute Gasteiger partial charge is 0.317 e. The Morgan fingerprint density at radius 3 is 2.00 bits per heavy atom. The average Bonchev–Trinajstić information content (AvgIpc) is 2.62. The Hall–Kier alpha value is -2.21. The van der Waals surface area contributed by atoms with Crippen molar-refractivity contribution >= 4 is 17.8 Å². The average molecular weight is 290 g/mol. The van der Waals surface area contributed by atoms with Crippen LogP contribution in [0.2, 0.25) is 0 Å². The van der Waals surface area contributed by atoms with Crippen LogP contribution in [0.1, 0.15) is 41.5 Å². The summed E-state index contributed by atoms with van der Waals surface area (Å²) in [7, 11) is 0. The number of rotatable bonds is 4. The van der Waals surface area contributed by atoms with E-state index < -0.39 is 11.5 Å². The van der Waals surface area contributed by atoms with E-state index in [4.69, 9.17) is 5.11 Å². The SMILES string of the molecule is CC(C)(C)N(CC(=O)O)CN1C(=O)c2ccccc2C1=O. The fourth-order valence-electron chi connectivity index (χ4n) is 2.20. The lowest BCUT2D eigenvalue weighted by molar-refractivity contribution is -0.140. The Morgan fingerprint density at radius 2 is 1.62 bits per heavy atom. The molecule has 6 nitrogen and oxygen atoms in total. The Balaban J connectivity index is 2.25. The van der Waals surface area contributed by atoms with Gasteiger partial charge in [-0.25, -0.2) is 0 Å². The highest BCUT2D eigenvalue weighted by Gasteiger charge is 2.38. The first-order valence-corrected chi connectivity index (χ1v) is 6.64. The summed E-state index contributed by atoms with van der Waals surface area (Å²) in [6.07, 6.45) is 0.